The zero-order valence-corrected chi connectivity index (χ0v) is 12.3. The van der Waals surface area contributed by atoms with E-state index in [2.05, 4.69) is 0 Å². The van der Waals surface area contributed by atoms with E-state index in [0.29, 0.717) is 5.39 Å². The van der Waals surface area contributed by atoms with Crippen molar-refractivity contribution in [1.29, 1.82) is 0 Å². The molecule has 0 radical (unpaired) electrons. The number of rotatable bonds is 3. The van der Waals surface area contributed by atoms with Crippen molar-refractivity contribution < 1.29 is 39.4 Å². The third-order valence-electron chi connectivity index (χ3n) is 3.79. The number of phenolic OH excluding ortho intramolecular Hbond substituents is 1. The number of phenols is 1. The van der Waals surface area contributed by atoms with Gasteiger partial charge in [0.15, 0.2) is 11.5 Å². The van der Waals surface area contributed by atoms with Gasteiger partial charge in [-0.2, -0.15) is 0 Å². The third kappa shape index (κ3) is 2.95. The highest BCUT2D eigenvalue weighted by Crippen LogP contribution is 2.33. The quantitative estimate of drug-likeness (QED) is 0.429. The number of hydrogen-bond donors (Lipinski definition) is 5. The zero-order chi connectivity index (χ0) is 17.4. The van der Waals surface area contributed by atoms with Crippen molar-refractivity contribution in [2.45, 2.75) is 30.7 Å². The first kappa shape index (κ1) is 16.7. The maximum absolute atomic E-state index is 11.2. The lowest BCUT2D eigenvalue weighted by molar-refractivity contribution is -0.277. The molecular formula is C15H16O9. The number of aliphatic hydroxyl groups is 4. The first-order valence-electron chi connectivity index (χ1n) is 7.15. The van der Waals surface area contributed by atoms with Crippen molar-refractivity contribution in [3.8, 4) is 11.5 Å². The summed E-state index contributed by atoms with van der Waals surface area (Å²) in [7, 11) is 0. The van der Waals surface area contributed by atoms with Gasteiger partial charge in [-0.05, 0) is 12.1 Å². The Morgan fingerprint density at radius 1 is 1.08 bits per heavy atom. The second-order valence-electron chi connectivity index (χ2n) is 5.43. The van der Waals surface area contributed by atoms with E-state index in [1.165, 1.54) is 18.2 Å². The second kappa shape index (κ2) is 6.38. The van der Waals surface area contributed by atoms with Crippen LogP contribution in [0, 0.1) is 0 Å². The van der Waals surface area contributed by atoms with Gasteiger partial charge in [0.1, 0.15) is 30.0 Å². The minimum atomic E-state index is -1.60. The summed E-state index contributed by atoms with van der Waals surface area (Å²) in [5.41, 5.74) is -0.439. The predicted molar refractivity (Wildman–Crippen MR) is 78.5 cm³/mol. The molecule has 9 heteroatoms. The molecule has 2 heterocycles. The fourth-order valence-corrected chi connectivity index (χ4v) is 2.47. The molecule has 24 heavy (non-hydrogen) atoms. The summed E-state index contributed by atoms with van der Waals surface area (Å²) in [6, 6.07) is 5.17. The highest BCUT2D eigenvalue weighted by molar-refractivity contribution is 5.80. The highest BCUT2D eigenvalue weighted by Gasteiger charge is 2.44. The molecule has 0 bridgehead atoms. The number of aromatic hydroxyl groups is 1. The third-order valence-corrected chi connectivity index (χ3v) is 3.79. The topological polar surface area (TPSA) is 150 Å². The van der Waals surface area contributed by atoms with Gasteiger partial charge in [0.2, 0.25) is 6.29 Å². The van der Waals surface area contributed by atoms with Crippen molar-refractivity contribution in [2.75, 3.05) is 6.61 Å². The Balaban J connectivity index is 1.89. The zero-order valence-electron chi connectivity index (χ0n) is 12.3. The molecule has 1 aliphatic heterocycles. The lowest BCUT2D eigenvalue weighted by atomic mass is 9.99. The standard InChI is InChI=1S/C15H16O9/c16-5-10-12(19)13(20)14(21)15(24-10)23-9-3-6-1-2-11(18)22-8(6)4-7(9)17/h1-4,10,12-17,19-21H,5H2/t10?,12?,13?,14?,15-/m0/s1. The van der Waals surface area contributed by atoms with Crippen molar-refractivity contribution >= 4 is 11.0 Å². The van der Waals surface area contributed by atoms with Crippen LogP contribution in [-0.4, -0.2) is 62.8 Å². The van der Waals surface area contributed by atoms with Crippen LogP contribution in [0.4, 0.5) is 0 Å². The Kier molecular flexibility index (Phi) is 4.43. The Labute approximate surface area is 134 Å². The first-order valence-corrected chi connectivity index (χ1v) is 7.15. The first-order chi connectivity index (χ1) is 11.4. The van der Waals surface area contributed by atoms with Crippen LogP contribution in [0.1, 0.15) is 0 Å². The maximum Gasteiger partial charge on any atom is 0.336 e. The summed E-state index contributed by atoms with van der Waals surface area (Å²) in [5, 5.41) is 49.0. The Bertz CT molecular complexity index is 784. The van der Waals surface area contributed by atoms with E-state index in [1.54, 1.807) is 0 Å². The van der Waals surface area contributed by atoms with Crippen LogP contribution in [0.15, 0.2) is 33.5 Å². The largest absolute Gasteiger partial charge is 0.504 e. The highest BCUT2D eigenvalue weighted by atomic mass is 16.7. The molecule has 1 saturated heterocycles. The molecule has 5 atom stereocenters. The summed E-state index contributed by atoms with van der Waals surface area (Å²) < 4.78 is 15.5. The molecule has 0 spiro atoms. The molecule has 1 fully saturated rings. The van der Waals surface area contributed by atoms with E-state index < -0.39 is 42.9 Å². The van der Waals surface area contributed by atoms with Gasteiger partial charge in [0.25, 0.3) is 0 Å². The molecule has 0 saturated carbocycles. The van der Waals surface area contributed by atoms with Gasteiger partial charge in [-0.25, -0.2) is 4.79 Å². The number of aliphatic hydroxyl groups excluding tert-OH is 4. The van der Waals surface area contributed by atoms with Crippen molar-refractivity contribution in [3.05, 3.63) is 34.7 Å². The molecule has 0 amide bonds. The van der Waals surface area contributed by atoms with E-state index in [4.69, 9.17) is 19.0 Å². The normalized spacial score (nSPS) is 30.4. The van der Waals surface area contributed by atoms with Crippen molar-refractivity contribution in [1.82, 2.24) is 0 Å². The smallest absolute Gasteiger partial charge is 0.336 e. The van der Waals surface area contributed by atoms with Gasteiger partial charge in [-0.1, -0.05) is 0 Å². The molecule has 2 aromatic rings. The van der Waals surface area contributed by atoms with E-state index in [9.17, 15) is 25.2 Å². The summed E-state index contributed by atoms with van der Waals surface area (Å²) in [5.74, 6) is -0.477. The monoisotopic (exact) mass is 340 g/mol. The van der Waals surface area contributed by atoms with Gasteiger partial charge in [-0.15, -0.1) is 0 Å². The van der Waals surface area contributed by atoms with E-state index in [-0.39, 0.29) is 17.1 Å². The minimum Gasteiger partial charge on any atom is -0.504 e. The van der Waals surface area contributed by atoms with Crippen molar-refractivity contribution in [3.63, 3.8) is 0 Å². The van der Waals surface area contributed by atoms with Crippen LogP contribution < -0.4 is 10.4 Å². The van der Waals surface area contributed by atoms with Crippen LogP contribution in [0.25, 0.3) is 11.0 Å². The van der Waals surface area contributed by atoms with Gasteiger partial charge in [0, 0.05) is 17.5 Å². The Hall–Kier alpha value is -2.17. The summed E-state index contributed by atoms with van der Waals surface area (Å²) >= 11 is 0. The Morgan fingerprint density at radius 2 is 1.83 bits per heavy atom. The number of ether oxygens (including phenoxy) is 2. The number of hydrogen-bond acceptors (Lipinski definition) is 9. The fourth-order valence-electron chi connectivity index (χ4n) is 2.47. The van der Waals surface area contributed by atoms with Crippen LogP contribution >= 0.6 is 0 Å². The van der Waals surface area contributed by atoms with Crippen molar-refractivity contribution in [2.24, 2.45) is 0 Å². The predicted octanol–water partition coefficient (Wildman–Crippen LogP) is -1.32. The summed E-state index contributed by atoms with van der Waals surface area (Å²) in [4.78, 5) is 11.2. The van der Waals surface area contributed by atoms with Gasteiger partial charge in [0.05, 0.1) is 6.61 Å². The SMILES string of the molecule is O=c1ccc2cc(O[C@H]3OC(CO)C(O)C(O)C3O)c(O)cc2o1. The lowest BCUT2D eigenvalue weighted by Crippen LogP contribution is -2.60. The number of benzene rings is 1. The van der Waals surface area contributed by atoms with Crippen LogP contribution in [0.2, 0.25) is 0 Å². The molecule has 5 N–H and O–H groups in total. The average molecular weight is 340 g/mol. The summed E-state index contributed by atoms with van der Waals surface area (Å²) in [6.45, 7) is -0.598. The molecule has 4 unspecified atom stereocenters. The molecule has 1 aromatic carbocycles. The van der Waals surface area contributed by atoms with E-state index in [0.717, 1.165) is 6.07 Å². The van der Waals surface area contributed by atoms with Gasteiger partial charge < -0.3 is 39.4 Å². The molecule has 1 aliphatic rings. The lowest BCUT2D eigenvalue weighted by Gasteiger charge is -2.39. The molecule has 9 nitrogen and oxygen atoms in total. The van der Waals surface area contributed by atoms with Crippen LogP contribution in [0.3, 0.4) is 0 Å². The summed E-state index contributed by atoms with van der Waals surface area (Å²) in [6.07, 6.45) is -7.27. The molecule has 130 valence electrons. The van der Waals surface area contributed by atoms with Gasteiger partial charge >= 0.3 is 5.63 Å². The fraction of sp³-hybridized carbons (Fsp3) is 0.400. The average Bonchev–Trinajstić information content (AvgIpc) is 2.56. The molecule has 3 rings (SSSR count). The van der Waals surface area contributed by atoms with E-state index >= 15 is 0 Å². The molecule has 0 aliphatic carbocycles. The Morgan fingerprint density at radius 3 is 2.54 bits per heavy atom. The van der Waals surface area contributed by atoms with E-state index in [1.807, 2.05) is 0 Å². The molecule has 1 aromatic heterocycles. The van der Waals surface area contributed by atoms with Crippen LogP contribution in [0.5, 0.6) is 11.5 Å². The molecular weight excluding hydrogens is 324 g/mol. The van der Waals surface area contributed by atoms with Gasteiger partial charge in [-0.3, -0.25) is 0 Å². The minimum absolute atomic E-state index is 0.0966. The maximum atomic E-state index is 11.2. The number of fused-ring (bicyclic) bond motifs is 1. The van der Waals surface area contributed by atoms with Crippen LogP contribution in [-0.2, 0) is 4.74 Å². The second-order valence-corrected chi connectivity index (χ2v) is 5.43.